The van der Waals surface area contributed by atoms with Crippen molar-refractivity contribution >= 4 is 28.9 Å². The van der Waals surface area contributed by atoms with Crippen molar-refractivity contribution in [3.05, 3.63) is 15.8 Å². The summed E-state index contributed by atoms with van der Waals surface area (Å²) < 4.78 is 5.00. The summed E-state index contributed by atoms with van der Waals surface area (Å²) in [5.41, 5.74) is 6.26. The second-order valence-electron chi connectivity index (χ2n) is 5.10. The normalized spacial score (nSPS) is 15.8. The first-order valence-electron chi connectivity index (χ1n) is 6.88. The van der Waals surface area contributed by atoms with E-state index < -0.39 is 5.97 Å². The number of rotatable bonds is 4. The molecule has 0 radical (unpaired) electrons. The number of anilines is 1. The van der Waals surface area contributed by atoms with E-state index in [1.807, 2.05) is 6.92 Å². The minimum absolute atomic E-state index is 0.230. The number of carbonyl (C=O) groups is 2. The van der Waals surface area contributed by atoms with E-state index in [2.05, 4.69) is 5.32 Å². The zero-order chi connectivity index (χ0) is 14.5. The molecule has 0 aliphatic heterocycles. The number of amides is 1. The molecule has 1 aliphatic carbocycles. The Labute approximate surface area is 122 Å². The summed E-state index contributed by atoms with van der Waals surface area (Å²) in [7, 11) is 0. The number of nitrogen functional groups attached to an aromatic ring is 1. The molecule has 0 unspecified atom stereocenters. The van der Waals surface area contributed by atoms with Gasteiger partial charge >= 0.3 is 5.97 Å². The van der Waals surface area contributed by atoms with Crippen molar-refractivity contribution in [3.63, 3.8) is 0 Å². The lowest BCUT2D eigenvalue weighted by Gasteiger charge is -2.22. The van der Waals surface area contributed by atoms with E-state index in [4.69, 9.17) is 10.5 Å². The average Bonchev–Trinajstić information content (AvgIpc) is 2.77. The Morgan fingerprint density at radius 3 is 2.70 bits per heavy atom. The molecule has 3 N–H and O–H groups in total. The van der Waals surface area contributed by atoms with Crippen molar-refractivity contribution in [1.82, 2.24) is 5.32 Å². The highest BCUT2D eigenvalue weighted by Gasteiger charge is 2.18. The van der Waals surface area contributed by atoms with Gasteiger partial charge in [0.1, 0.15) is 4.88 Å². The van der Waals surface area contributed by atoms with Gasteiger partial charge in [0.05, 0.1) is 0 Å². The summed E-state index contributed by atoms with van der Waals surface area (Å²) >= 11 is 1.28. The molecule has 6 heteroatoms. The van der Waals surface area contributed by atoms with Gasteiger partial charge in [-0.05, 0) is 25.8 Å². The van der Waals surface area contributed by atoms with Gasteiger partial charge in [-0.1, -0.05) is 19.3 Å². The SMILES string of the molecule is Cc1sc(C(=O)OCC(=O)NC2CCCCC2)cc1N. The van der Waals surface area contributed by atoms with E-state index in [9.17, 15) is 9.59 Å². The molecule has 20 heavy (non-hydrogen) atoms. The van der Waals surface area contributed by atoms with Crippen LogP contribution in [0.3, 0.4) is 0 Å². The molecule has 0 saturated heterocycles. The molecule has 0 atom stereocenters. The maximum atomic E-state index is 11.8. The van der Waals surface area contributed by atoms with Crippen LogP contribution in [-0.4, -0.2) is 24.5 Å². The molecule has 110 valence electrons. The summed E-state index contributed by atoms with van der Waals surface area (Å²) in [6.07, 6.45) is 5.57. The third kappa shape index (κ3) is 3.96. The van der Waals surface area contributed by atoms with Gasteiger partial charge in [-0.3, -0.25) is 4.79 Å². The van der Waals surface area contributed by atoms with Gasteiger partial charge in [0.2, 0.25) is 0 Å². The van der Waals surface area contributed by atoms with Gasteiger partial charge in [-0.2, -0.15) is 0 Å². The molecule has 1 fully saturated rings. The first-order chi connectivity index (χ1) is 9.56. The smallest absolute Gasteiger partial charge is 0.348 e. The van der Waals surface area contributed by atoms with Gasteiger partial charge in [-0.15, -0.1) is 11.3 Å². The summed E-state index contributed by atoms with van der Waals surface area (Å²) in [6.45, 7) is 1.61. The first-order valence-corrected chi connectivity index (χ1v) is 7.70. The van der Waals surface area contributed by atoms with Crippen molar-refractivity contribution in [3.8, 4) is 0 Å². The van der Waals surface area contributed by atoms with E-state index >= 15 is 0 Å². The minimum atomic E-state index is -0.492. The van der Waals surface area contributed by atoms with E-state index in [0.29, 0.717) is 10.6 Å². The Morgan fingerprint density at radius 2 is 2.10 bits per heavy atom. The van der Waals surface area contributed by atoms with Gasteiger partial charge in [0.15, 0.2) is 6.61 Å². The van der Waals surface area contributed by atoms with Gasteiger partial charge < -0.3 is 15.8 Å². The van der Waals surface area contributed by atoms with Crippen LogP contribution >= 0.6 is 11.3 Å². The van der Waals surface area contributed by atoms with Gasteiger partial charge in [0, 0.05) is 16.6 Å². The number of hydrogen-bond donors (Lipinski definition) is 2. The van der Waals surface area contributed by atoms with Crippen LogP contribution in [0.25, 0.3) is 0 Å². The van der Waals surface area contributed by atoms with E-state index in [-0.39, 0.29) is 18.6 Å². The Kier molecular flexibility index (Phi) is 5.00. The number of thiophene rings is 1. The number of nitrogens with two attached hydrogens (primary N) is 1. The summed E-state index contributed by atoms with van der Waals surface area (Å²) in [5.74, 6) is -0.722. The van der Waals surface area contributed by atoms with Crippen molar-refractivity contribution in [2.24, 2.45) is 0 Å². The first kappa shape index (κ1) is 14.8. The minimum Gasteiger partial charge on any atom is -0.451 e. The van der Waals surface area contributed by atoms with Crippen molar-refractivity contribution in [2.45, 2.75) is 45.1 Å². The predicted molar refractivity (Wildman–Crippen MR) is 78.8 cm³/mol. The maximum absolute atomic E-state index is 11.8. The van der Waals surface area contributed by atoms with Crippen molar-refractivity contribution in [2.75, 3.05) is 12.3 Å². The number of carbonyl (C=O) groups excluding carboxylic acids is 2. The number of ether oxygens (including phenoxy) is 1. The highest BCUT2D eigenvalue weighted by Crippen LogP contribution is 2.24. The van der Waals surface area contributed by atoms with Crippen LogP contribution in [0.1, 0.15) is 46.7 Å². The van der Waals surface area contributed by atoms with E-state index in [0.717, 1.165) is 30.6 Å². The molecule has 1 amide bonds. The van der Waals surface area contributed by atoms with Crippen LogP contribution < -0.4 is 11.1 Å². The molecular weight excluding hydrogens is 276 g/mol. The van der Waals surface area contributed by atoms with Crippen molar-refractivity contribution in [1.29, 1.82) is 0 Å². The molecule has 2 rings (SSSR count). The third-order valence-electron chi connectivity index (χ3n) is 3.46. The molecule has 0 bridgehead atoms. The Balaban J connectivity index is 1.76. The molecule has 5 nitrogen and oxygen atoms in total. The zero-order valence-electron chi connectivity index (χ0n) is 11.6. The molecule has 0 spiro atoms. The topological polar surface area (TPSA) is 81.4 Å². The number of aryl methyl sites for hydroxylation is 1. The molecule has 1 aromatic heterocycles. The number of esters is 1. The summed E-state index contributed by atoms with van der Waals surface area (Å²) in [5, 5.41) is 2.90. The zero-order valence-corrected chi connectivity index (χ0v) is 12.4. The standard InChI is InChI=1S/C14H20N2O3S/c1-9-11(15)7-12(20-9)14(18)19-8-13(17)16-10-5-3-2-4-6-10/h7,10H,2-6,8,15H2,1H3,(H,16,17). The average molecular weight is 296 g/mol. The fourth-order valence-corrected chi connectivity index (χ4v) is 3.15. The monoisotopic (exact) mass is 296 g/mol. The molecular formula is C14H20N2O3S. The lowest BCUT2D eigenvalue weighted by atomic mass is 9.95. The molecule has 1 aromatic rings. The molecule has 1 aliphatic rings. The highest BCUT2D eigenvalue weighted by atomic mass is 32.1. The lowest BCUT2D eigenvalue weighted by molar-refractivity contribution is -0.125. The summed E-state index contributed by atoms with van der Waals surface area (Å²) in [4.78, 5) is 24.8. The van der Waals surface area contributed by atoms with E-state index in [1.54, 1.807) is 6.07 Å². The third-order valence-corrected chi connectivity index (χ3v) is 4.51. The highest BCUT2D eigenvalue weighted by molar-refractivity contribution is 7.14. The second kappa shape index (κ2) is 6.74. The molecule has 0 aromatic carbocycles. The molecule has 1 heterocycles. The fraction of sp³-hybridized carbons (Fsp3) is 0.571. The Bertz CT molecular complexity index is 473. The second-order valence-corrected chi connectivity index (χ2v) is 6.36. The molecule has 1 saturated carbocycles. The summed E-state index contributed by atoms with van der Waals surface area (Å²) in [6, 6.07) is 1.82. The van der Waals surface area contributed by atoms with Crippen molar-refractivity contribution < 1.29 is 14.3 Å². The quantitative estimate of drug-likeness (QED) is 0.835. The van der Waals surface area contributed by atoms with Crippen LogP contribution in [0.2, 0.25) is 0 Å². The predicted octanol–water partition coefficient (Wildman–Crippen LogP) is 2.24. The number of hydrogen-bond acceptors (Lipinski definition) is 5. The Hall–Kier alpha value is -1.56. The lowest BCUT2D eigenvalue weighted by Crippen LogP contribution is -2.38. The number of nitrogens with one attached hydrogen (secondary N) is 1. The van der Waals surface area contributed by atoms with Crippen LogP contribution in [0.5, 0.6) is 0 Å². The largest absolute Gasteiger partial charge is 0.451 e. The van der Waals surface area contributed by atoms with Gasteiger partial charge in [0.25, 0.3) is 5.91 Å². The van der Waals surface area contributed by atoms with Crippen LogP contribution in [-0.2, 0) is 9.53 Å². The van der Waals surface area contributed by atoms with Gasteiger partial charge in [-0.25, -0.2) is 4.79 Å². The van der Waals surface area contributed by atoms with Crippen LogP contribution in [0, 0.1) is 6.92 Å². The fourth-order valence-electron chi connectivity index (χ4n) is 2.32. The maximum Gasteiger partial charge on any atom is 0.348 e. The van der Waals surface area contributed by atoms with Crippen LogP contribution in [0.4, 0.5) is 5.69 Å². The van der Waals surface area contributed by atoms with Crippen LogP contribution in [0.15, 0.2) is 6.07 Å². The Morgan fingerprint density at radius 1 is 1.40 bits per heavy atom. The van der Waals surface area contributed by atoms with E-state index in [1.165, 1.54) is 17.8 Å².